The van der Waals surface area contributed by atoms with Crippen LogP contribution in [0.5, 0.6) is 0 Å². The molecule has 1 unspecified atom stereocenters. The Labute approximate surface area is 113 Å². The second-order valence-corrected chi connectivity index (χ2v) is 6.29. The number of nitrogens with one attached hydrogen (secondary N) is 1. The van der Waals surface area contributed by atoms with Gasteiger partial charge in [0.05, 0.1) is 0 Å². The average molecular weight is 269 g/mol. The van der Waals surface area contributed by atoms with Gasteiger partial charge in [-0.05, 0) is 12.8 Å². The molecule has 1 heterocycles. The van der Waals surface area contributed by atoms with E-state index < -0.39 is 0 Å². The van der Waals surface area contributed by atoms with Crippen LogP contribution in [0, 0.1) is 0 Å². The SMILES string of the molecule is Cn1ncnc1CC(CSC1CCCCC1)NN. The first kappa shape index (κ1) is 13.8. The molecule has 5 nitrogen and oxygen atoms in total. The molecule has 1 aliphatic rings. The zero-order valence-electron chi connectivity index (χ0n) is 11.0. The summed E-state index contributed by atoms with van der Waals surface area (Å²) in [7, 11) is 1.92. The summed E-state index contributed by atoms with van der Waals surface area (Å²) in [4.78, 5) is 4.25. The first-order valence-electron chi connectivity index (χ1n) is 6.70. The molecule has 0 amide bonds. The zero-order chi connectivity index (χ0) is 12.8. The standard InChI is InChI=1S/C12H23N5S/c1-17-12(14-9-15-17)7-10(16-13)8-18-11-5-3-2-4-6-11/h9-11,16H,2-8,13H2,1H3. The Bertz CT molecular complexity index is 348. The molecule has 1 saturated carbocycles. The van der Waals surface area contributed by atoms with Crippen molar-refractivity contribution in [2.45, 2.75) is 49.8 Å². The summed E-state index contributed by atoms with van der Waals surface area (Å²) >= 11 is 2.06. The van der Waals surface area contributed by atoms with E-state index >= 15 is 0 Å². The molecule has 3 N–H and O–H groups in total. The minimum atomic E-state index is 0.278. The van der Waals surface area contributed by atoms with Crippen LogP contribution < -0.4 is 11.3 Å². The van der Waals surface area contributed by atoms with Crippen molar-refractivity contribution >= 4 is 11.8 Å². The highest BCUT2D eigenvalue weighted by Crippen LogP contribution is 2.28. The quantitative estimate of drug-likeness (QED) is 0.601. The lowest BCUT2D eigenvalue weighted by atomic mass is 10.0. The summed E-state index contributed by atoms with van der Waals surface area (Å²) < 4.78 is 1.82. The molecule has 6 heteroatoms. The molecule has 1 aromatic heterocycles. The van der Waals surface area contributed by atoms with Gasteiger partial charge in [0.15, 0.2) is 0 Å². The van der Waals surface area contributed by atoms with E-state index in [2.05, 4.69) is 27.3 Å². The number of nitrogens with zero attached hydrogens (tertiary/aromatic N) is 3. The highest BCUT2D eigenvalue weighted by Gasteiger charge is 2.17. The maximum atomic E-state index is 5.63. The third kappa shape index (κ3) is 3.96. The van der Waals surface area contributed by atoms with Gasteiger partial charge in [-0.2, -0.15) is 16.9 Å². The van der Waals surface area contributed by atoms with Crippen LogP contribution in [-0.2, 0) is 13.5 Å². The summed E-state index contributed by atoms with van der Waals surface area (Å²) in [5.74, 6) is 7.67. The minimum absolute atomic E-state index is 0.278. The van der Waals surface area contributed by atoms with Crippen molar-refractivity contribution in [2.24, 2.45) is 12.9 Å². The van der Waals surface area contributed by atoms with Crippen molar-refractivity contribution < 1.29 is 0 Å². The van der Waals surface area contributed by atoms with E-state index in [0.717, 1.165) is 23.2 Å². The van der Waals surface area contributed by atoms with Gasteiger partial charge in [0.2, 0.25) is 0 Å². The molecule has 102 valence electrons. The number of hydrogen-bond donors (Lipinski definition) is 2. The van der Waals surface area contributed by atoms with Crippen molar-refractivity contribution in [3.05, 3.63) is 12.2 Å². The van der Waals surface area contributed by atoms with Crippen molar-refractivity contribution in [2.75, 3.05) is 5.75 Å². The molecule has 18 heavy (non-hydrogen) atoms. The number of aryl methyl sites for hydroxylation is 1. The molecule has 0 aliphatic heterocycles. The topological polar surface area (TPSA) is 68.8 Å². The van der Waals surface area contributed by atoms with Gasteiger partial charge < -0.3 is 0 Å². The van der Waals surface area contributed by atoms with Crippen LogP contribution in [0.25, 0.3) is 0 Å². The Kier molecular flexibility index (Phi) is 5.46. The monoisotopic (exact) mass is 269 g/mol. The van der Waals surface area contributed by atoms with E-state index in [1.165, 1.54) is 32.1 Å². The summed E-state index contributed by atoms with van der Waals surface area (Å²) in [6.45, 7) is 0. The predicted molar refractivity (Wildman–Crippen MR) is 75.1 cm³/mol. The second-order valence-electron chi connectivity index (χ2n) is 4.96. The van der Waals surface area contributed by atoms with Gasteiger partial charge in [-0.25, -0.2) is 4.98 Å². The number of hydrazine groups is 1. The van der Waals surface area contributed by atoms with E-state index in [1.807, 2.05) is 11.7 Å². The Hall–Kier alpha value is -0.590. The summed E-state index contributed by atoms with van der Waals surface area (Å²) in [5, 5.41) is 4.91. The van der Waals surface area contributed by atoms with Crippen LogP contribution in [0.4, 0.5) is 0 Å². The molecule has 0 saturated heterocycles. The smallest absolute Gasteiger partial charge is 0.138 e. The molecule has 0 spiro atoms. The Morgan fingerprint density at radius 2 is 2.28 bits per heavy atom. The van der Waals surface area contributed by atoms with Crippen molar-refractivity contribution in [3.63, 3.8) is 0 Å². The third-order valence-electron chi connectivity index (χ3n) is 3.56. The van der Waals surface area contributed by atoms with Crippen LogP contribution in [0.15, 0.2) is 6.33 Å². The zero-order valence-corrected chi connectivity index (χ0v) is 11.8. The molecule has 1 fully saturated rings. The Morgan fingerprint density at radius 3 is 2.89 bits per heavy atom. The largest absolute Gasteiger partial charge is 0.271 e. The normalized spacial score (nSPS) is 19.0. The van der Waals surface area contributed by atoms with E-state index in [4.69, 9.17) is 5.84 Å². The van der Waals surface area contributed by atoms with Crippen LogP contribution in [0.1, 0.15) is 37.9 Å². The fraction of sp³-hybridized carbons (Fsp3) is 0.833. The molecule has 2 rings (SSSR count). The molecule has 1 aromatic rings. The summed E-state index contributed by atoms with van der Waals surface area (Å²) in [5.41, 5.74) is 2.91. The van der Waals surface area contributed by atoms with Crippen molar-refractivity contribution in [1.82, 2.24) is 20.2 Å². The fourth-order valence-electron chi connectivity index (χ4n) is 2.38. The van der Waals surface area contributed by atoms with Crippen molar-refractivity contribution in [3.8, 4) is 0 Å². The third-order valence-corrected chi connectivity index (χ3v) is 5.09. The van der Waals surface area contributed by atoms with Crippen LogP contribution >= 0.6 is 11.8 Å². The first-order valence-corrected chi connectivity index (χ1v) is 7.75. The fourth-order valence-corrected chi connectivity index (χ4v) is 3.76. The molecule has 0 radical (unpaired) electrons. The summed E-state index contributed by atoms with van der Waals surface area (Å²) in [6, 6.07) is 0.278. The molecule has 1 aliphatic carbocycles. The minimum Gasteiger partial charge on any atom is -0.271 e. The summed E-state index contributed by atoms with van der Waals surface area (Å²) in [6.07, 6.45) is 9.36. The van der Waals surface area contributed by atoms with Gasteiger partial charge in [-0.1, -0.05) is 19.3 Å². The number of aromatic nitrogens is 3. The maximum Gasteiger partial charge on any atom is 0.138 e. The number of rotatable bonds is 6. The Balaban J connectivity index is 1.76. The molecular weight excluding hydrogens is 246 g/mol. The van der Waals surface area contributed by atoms with Gasteiger partial charge in [-0.3, -0.25) is 16.0 Å². The van der Waals surface area contributed by atoms with E-state index in [9.17, 15) is 0 Å². The number of nitrogens with two attached hydrogens (primary N) is 1. The number of thioether (sulfide) groups is 1. The predicted octanol–water partition coefficient (Wildman–Crippen LogP) is 1.26. The van der Waals surface area contributed by atoms with Crippen molar-refractivity contribution in [1.29, 1.82) is 0 Å². The average Bonchev–Trinajstić information content (AvgIpc) is 2.81. The maximum absolute atomic E-state index is 5.63. The molecule has 0 aromatic carbocycles. The van der Waals surface area contributed by atoms with Gasteiger partial charge in [-0.15, -0.1) is 0 Å². The van der Waals surface area contributed by atoms with Crippen LogP contribution in [-0.4, -0.2) is 31.8 Å². The van der Waals surface area contributed by atoms with Crippen LogP contribution in [0.3, 0.4) is 0 Å². The van der Waals surface area contributed by atoms with Gasteiger partial charge in [0, 0.05) is 30.5 Å². The van der Waals surface area contributed by atoms with Gasteiger partial charge in [0.25, 0.3) is 0 Å². The number of hydrogen-bond acceptors (Lipinski definition) is 5. The van der Waals surface area contributed by atoms with E-state index in [1.54, 1.807) is 6.33 Å². The van der Waals surface area contributed by atoms with Gasteiger partial charge in [0.1, 0.15) is 12.2 Å². The second kappa shape index (κ2) is 7.11. The van der Waals surface area contributed by atoms with E-state index in [-0.39, 0.29) is 6.04 Å². The first-order chi connectivity index (χ1) is 8.79. The lowest BCUT2D eigenvalue weighted by molar-refractivity contribution is 0.511. The molecular formula is C12H23N5S. The Morgan fingerprint density at radius 1 is 1.50 bits per heavy atom. The highest BCUT2D eigenvalue weighted by molar-refractivity contribution is 7.99. The molecule has 0 bridgehead atoms. The molecule has 1 atom stereocenters. The lowest BCUT2D eigenvalue weighted by Gasteiger charge is -2.23. The lowest BCUT2D eigenvalue weighted by Crippen LogP contribution is -2.39. The van der Waals surface area contributed by atoms with Gasteiger partial charge >= 0.3 is 0 Å². The van der Waals surface area contributed by atoms with E-state index in [0.29, 0.717) is 0 Å². The van der Waals surface area contributed by atoms with Crippen LogP contribution in [0.2, 0.25) is 0 Å². The highest BCUT2D eigenvalue weighted by atomic mass is 32.2.